The zero-order valence-electron chi connectivity index (χ0n) is 18.4. The second-order valence-corrected chi connectivity index (χ2v) is 7.89. The smallest absolute Gasteiger partial charge is 0.322 e. The van der Waals surface area contributed by atoms with Crippen molar-refractivity contribution in [3.8, 4) is 0 Å². The van der Waals surface area contributed by atoms with Gasteiger partial charge in [0.2, 0.25) is 0 Å². The Morgan fingerprint density at radius 2 is 1.89 bits per heavy atom. The molecule has 2 amide bonds. The number of rotatable bonds is 6. The summed E-state index contributed by atoms with van der Waals surface area (Å²) < 4.78 is 73.5. The molecule has 4 rings (SSSR count). The molecule has 0 spiro atoms. The number of pyridine rings is 1. The first-order valence-electron chi connectivity index (χ1n) is 10.6. The molecule has 0 unspecified atom stereocenters. The summed E-state index contributed by atoms with van der Waals surface area (Å²) in [6.07, 6.45) is -3.07. The Kier molecular flexibility index (Phi) is 7.03. The molecule has 0 saturated heterocycles. The molecule has 0 radical (unpaired) electrons. The summed E-state index contributed by atoms with van der Waals surface area (Å²) in [6.45, 7) is -0.0606. The Labute approximate surface area is 196 Å². The molecule has 3 N–H and O–H groups in total. The Bertz CT molecular complexity index is 1270. The predicted octanol–water partition coefficient (Wildman–Crippen LogP) is 4.73. The summed E-state index contributed by atoms with van der Waals surface area (Å²) in [5.74, 6) is -3.07. The van der Waals surface area contributed by atoms with E-state index in [0.717, 1.165) is 30.3 Å². The first-order chi connectivity index (χ1) is 16.7. The van der Waals surface area contributed by atoms with Crippen LogP contribution in [0, 0.1) is 17.5 Å². The number of aliphatic hydroxyl groups excluding tert-OH is 1. The van der Waals surface area contributed by atoms with Crippen molar-refractivity contribution in [2.45, 2.75) is 19.1 Å². The molecule has 12 heteroatoms. The van der Waals surface area contributed by atoms with Crippen LogP contribution in [0.15, 0.2) is 30.3 Å². The number of aliphatic hydroxyl groups is 1. The molecule has 2 aromatic carbocycles. The zero-order chi connectivity index (χ0) is 25.3. The van der Waals surface area contributed by atoms with Gasteiger partial charge in [-0.2, -0.15) is 0 Å². The summed E-state index contributed by atoms with van der Waals surface area (Å²) >= 11 is 0. The number of carbonyl (C=O) groups is 1. The summed E-state index contributed by atoms with van der Waals surface area (Å²) in [4.78, 5) is 18.6. The second kappa shape index (κ2) is 10.0. The van der Waals surface area contributed by atoms with Crippen LogP contribution in [0.25, 0.3) is 10.8 Å². The van der Waals surface area contributed by atoms with E-state index < -0.39 is 41.5 Å². The number of anilines is 2. The minimum atomic E-state index is -3.07. The number of nitrogens with one attached hydrogen (secondary N) is 2. The number of fused-ring (bicyclic) bond motifs is 3. The minimum Gasteiger partial charge on any atom is -0.395 e. The highest BCUT2D eigenvalue weighted by molar-refractivity contribution is 5.96. The Morgan fingerprint density at radius 1 is 1.17 bits per heavy atom. The maximum Gasteiger partial charge on any atom is 0.322 e. The normalized spacial score (nSPS) is 15.3. The van der Waals surface area contributed by atoms with Crippen molar-refractivity contribution in [1.82, 2.24) is 9.88 Å². The van der Waals surface area contributed by atoms with Gasteiger partial charge in [0.05, 0.1) is 37.1 Å². The van der Waals surface area contributed by atoms with Crippen molar-refractivity contribution in [2.75, 3.05) is 37.4 Å². The van der Waals surface area contributed by atoms with Crippen molar-refractivity contribution in [3.05, 3.63) is 64.6 Å². The minimum absolute atomic E-state index is 0.00180. The Hall–Kier alpha value is -3.51. The first-order valence-corrected chi connectivity index (χ1v) is 10.6. The molecule has 0 saturated carbocycles. The fourth-order valence-corrected chi connectivity index (χ4v) is 3.97. The lowest BCUT2D eigenvalue weighted by molar-refractivity contribution is 0.0529. The van der Waals surface area contributed by atoms with E-state index in [-0.39, 0.29) is 43.3 Å². The molecule has 0 fully saturated rings. The molecule has 1 aromatic heterocycles. The molecule has 1 atom stereocenters. The van der Waals surface area contributed by atoms with Crippen molar-refractivity contribution in [3.63, 3.8) is 0 Å². The fourth-order valence-electron chi connectivity index (χ4n) is 3.97. The largest absolute Gasteiger partial charge is 0.395 e. The van der Waals surface area contributed by atoms with E-state index in [2.05, 4.69) is 15.6 Å². The monoisotopic (exact) mass is 496 g/mol. The van der Waals surface area contributed by atoms with Gasteiger partial charge in [-0.15, -0.1) is 0 Å². The number of nitrogens with zero attached hydrogens (tertiary/aromatic N) is 2. The molecule has 0 bridgehead atoms. The van der Waals surface area contributed by atoms with Crippen LogP contribution in [-0.4, -0.2) is 47.8 Å². The molecule has 7 nitrogen and oxygen atoms in total. The van der Waals surface area contributed by atoms with E-state index in [1.54, 1.807) is 0 Å². The predicted molar refractivity (Wildman–Crippen MR) is 118 cm³/mol. The van der Waals surface area contributed by atoms with E-state index in [4.69, 9.17) is 9.84 Å². The van der Waals surface area contributed by atoms with Gasteiger partial charge in [-0.05, 0) is 35.7 Å². The third kappa shape index (κ3) is 4.84. The molecule has 0 aliphatic carbocycles. The van der Waals surface area contributed by atoms with Crippen molar-refractivity contribution < 1.29 is 36.6 Å². The van der Waals surface area contributed by atoms with Gasteiger partial charge in [0.25, 0.3) is 6.43 Å². The van der Waals surface area contributed by atoms with Crippen LogP contribution >= 0.6 is 0 Å². The lowest BCUT2D eigenvalue weighted by Crippen LogP contribution is -2.39. The number of ether oxygens (including phenoxy) is 1. The summed E-state index contributed by atoms with van der Waals surface area (Å²) in [7, 11) is 1.42. The topological polar surface area (TPSA) is 86.7 Å². The van der Waals surface area contributed by atoms with E-state index in [9.17, 15) is 26.7 Å². The Balaban J connectivity index is 1.71. The standard InChI is InChI=1S/C23H21F5N4O3/c1-32(23(34)30-11-2-3-15(24)14(6-11)21(27)28)19-10-35-9-18-20(19)12-7-16(25)17(26)8-13(12)22(31-18)29-4-5-33/h2-3,6-8,19,21,33H,4-5,9-10H2,1H3,(H,29,31)(H,30,34)/t19-/m1/s1. The molecule has 1 aliphatic rings. The van der Waals surface area contributed by atoms with Gasteiger partial charge in [-0.3, -0.25) is 0 Å². The van der Waals surface area contributed by atoms with Crippen molar-refractivity contribution in [1.29, 1.82) is 0 Å². The number of alkyl halides is 2. The number of aromatic nitrogens is 1. The highest BCUT2D eigenvalue weighted by Crippen LogP contribution is 2.38. The zero-order valence-corrected chi connectivity index (χ0v) is 18.4. The van der Waals surface area contributed by atoms with E-state index >= 15 is 0 Å². The quantitative estimate of drug-likeness (QED) is 0.430. The third-order valence-electron chi connectivity index (χ3n) is 5.69. The van der Waals surface area contributed by atoms with Crippen LogP contribution in [0.2, 0.25) is 0 Å². The van der Waals surface area contributed by atoms with E-state index in [1.807, 2.05) is 0 Å². The number of hydrogen-bond donors (Lipinski definition) is 3. The van der Waals surface area contributed by atoms with Crippen LogP contribution in [0.3, 0.4) is 0 Å². The highest BCUT2D eigenvalue weighted by Gasteiger charge is 2.32. The molecule has 2 heterocycles. The average Bonchev–Trinajstić information content (AvgIpc) is 2.83. The van der Waals surface area contributed by atoms with Gasteiger partial charge < -0.3 is 25.4 Å². The molecule has 186 valence electrons. The van der Waals surface area contributed by atoms with Crippen LogP contribution in [0.4, 0.5) is 38.3 Å². The SMILES string of the molecule is CN(C(=O)Nc1ccc(F)c(C(F)F)c1)[C@@H]1COCc2nc(NCCO)c3cc(F)c(F)cc3c21. The summed E-state index contributed by atoms with van der Waals surface area (Å²) in [5.41, 5.74) is -0.0890. The molecule has 3 aromatic rings. The number of amides is 2. The Morgan fingerprint density at radius 3 is 2.57 bits per heavy atom. The lowest BCUT2D eigenvalue weighted by Gasteiger charge is -2.34. The van der Waals surface area contributed by atoms with Crippen LogP contribution < -0.4 is 10.6 Å². The number of hydrogen-bond acceptors (Lipinski definition) is 5. The van der Waals surface area contributed by atoms with Crippen molar-refractivity contribution >= 4 is 28.3 Å². The van der Waals surface area contributed by atoms with Gasteiger partial charge >= 0.3 is 6.03 Å². The molecule has 35 heavy (non-hydrogen) atoms. The number of halogens is 5. The third-order valence-corrected chi connectivity index (χ3v) is 5.69. The fraction of sp³-hybridized carbons (Fsp3) is 0.304. The van der Waals surface area contributed by atoms with Gasteiger partial charge in [-0.25, -0.2) is 31.7 Å². The van der Waals surface area contributed by atoms with E-state index in [0.29, 0.717) is 16.6 Å². The maximum atomic E-state index is 14.2. The van der Waals surface area contributed by atoms with Gasteiger partial charge in [0.15, 0.2) is 11.6 Å². The average molecular weight is 496 g/mol. The second-order valence-electron chi connectivity index (χ2n) is 7.89. The number of benzene rings is 2. The number of carbonyl (C=O) groups excluding carboxylic acids is 1. The highest BCUT2D eigenvalue weighted by atomic mass is 19.3. The first kappa shape index (κ1) is 24.6. The van der Waals surface area contributed by atoms with Crippen LogP contribution in [0.1, 0.15) is 29.3 Å². The molecular formula is C23H21F5N4O3. The van der Waals surface area contributed by atoms with Crippen LogP contribution in [0.5, 0.6) is 0 Å². The lowest BCUT2D eigenvalue weighted by atomic mass is 9.95. The maximum absolute atomic E-state index is 14.2. The summed E-state index contributed by atoms with van der Waals surface area (Å²) in [6, 6.07) is 3.28. The van der Waals surface area contributed by atoms with Crippen molar-refractivity contribution in [2.24, 2.45) is 0 Å². The number of likely N-dealkylation sites (N-methyl/N-ethyl adjacent to an activating group) is 1. The van der Waals surface area contributed by atoms with E-state index in [1.165, 1.54) is 11.9 Å². The molecule has 1 aliphatic heterocycles. The van der Waals surface area contributed by atoms with Gasteiger partial charge in [0.1, 0.15) is 11.6 Å². The summed E-state index contributed by atoms with van der Waals surface area (Å²) in [5, 5.41) is 15.0. The van der Waals surface area contributed by atoms with Crippen LogP contribution in [-0.2, 0) is 11.3 Å². The van der Waals surface area contributed by atoms with Gasteiger partial charge in [0, 0.05) is 30.2 Å². The van der Waals surface area contributed by atoms with Gasteiger partial charge in [-0.1, -0.05) is 0 Å². The molecular weight excluding hydrogens is 475 g/mol. The number of urea groups is 1.